The monoisotopic (exact) mass is 444 g/mol. The summed E-state index contributed by atoms with van der Waals surface area (Å²) in [5, 5.41) is 9.78. The summed E-state index contributed by atoms with van der Waals surface area (Å²) in [6.45, 7) is 4.65. The lowest BCUT2D eigenvalue weighted by Gasteiger charge is -2.12. The molecule has 4 aromatic rings. The van der Waals surface area contributed by atoms with E-state index in [1.165, 1.54) is 0 Å². The fraction of sp³-hybridized carbons (Fsp3) is 0.160. The maximum absolute atomic E-state index is 11.3. The summed E-state index contributed by atoms with van der Waals surface area (Å²) in [4.78, 5) is 11.3. The SMILES string of the molecule is CCOc1ccc(-n2c(SCc3ccc(C(N)=O)cc3)nnc2-c2cccc(C)c2)cc1. The molecular weight excluding hydrogens is 420 g/mol. The van der Waals surface area contributed by atoms with Crippen LogP contribution < -0.4 is 10.5 Å². The van der Waals surface area contributed by atoms with Gasteiger partial charge in [0.25, 0.3) is 0 Å². The van der Waals surface area contributed by atoms with Gasteiger partial charge in [0.05, 0.1) is 6.61 Å². The Morgan fingerprint density at radius 1 is 1.03 bits per heavy atom. The topological polar surface area (TPSA) is 83.0 Å². The highest BCUT2D eigenvalue weighted by atomic mass is 32.2. The first-order valence-electron chi connectivity index (χ1n) is 10.3. The summed E-state index contributed by atoms with van der Waals surface area (Å²) in [6, 6.07) is 23.5. The van der Waals surface area contributed by atoms with Gasteiger partial charge >= 0.3 is 0 Å². The zero-order valence-electron chi connectivity index (χ0n) is 18.0. The van der Waals surface area contributed by atoms with Crippen molar-refractivity contribution in [3.63, 3.8) is 0 Å². The molecule has 0 aliphatic rings. The van der Waals surface area contributed by atoms with Crippen LogP contribution in [-0.2, 0) is 5.75 Å². The van der Waals surface area contributed by atoms with Crippen LogP contribution >= 0.6 is 11.8 Å². The smallest absolute Gasteiger partial charge is 0.248 e. The Kier molecular flexibility index (Phi) is 6.56. The largest absolute Gasteiger partial charge is 0.494 e. The quantitative estimate of drug-likeness (QED) is 0.385. The number of amides is 1. The zero-order chi connectivity index (χ0) is 22.5. The van der Waals surface area contributed by atoms with Crippen molar-refractivity contribution in [1.82, 2.24) is 14.8 Å². The van der Waals surface area contributed by atoms with E-state index in [9.17, 15) is 4.79 Å². The van der Waals surface area contributed by atoms with Gasteiger partial charge in [-0.2, -0.15) is 0 Å². The average molecular weight is 445 g/mol. The second-order valence-electron chi connectivity index (χ2n) is 7.29. The Morgan fingerprint density at radius 2 is 1.78 bits per heavy atom. The van der Waals surface area contributed by atoms with Gasteiger partial charge in [0, 0.05) is 22.6 Å². The van der Waals surface area contributed by atoms with E-state index in [1.54, 1.807) is 23.9 Å². The first kappa shape index (κ1) is 21.6. The van der Waals surface area contributed by atoms with Crippen LogP contribution in [0.5, 0.6) is 5.75 Å². The number of nitrogens with two attached hydrogens (primary N) is 1. The second-order valence-corrected chi connectivity index (χ2v) is 8.23. The number of primary amides is 1. The molecule has 32 heavy (non-hydrogen) atoms. The van der Waals surface area contributed by atoms with Gasteiger partial charge in [0.1, 0.15) is 5.75 Å². The molecule has 0 spiro atoms. The molecule has 4 rings (SSSR count). The van der Waals surface area contributed by atoms with Crippen LogP contribution in [0.25, 0.3) is 17.1 Å². The summed E-state index contributed by atoms with van der Waals surface area (Å²) < 4.78 is 7.65. The zero-order valence-corrected chi connectivity index (χ0v) is 18.8. The van der Waals surface area contributed by atoms with Gasteiger partial charge in [-0.25, -0.2) is 0 Å². The maximum Gasteiger partial charge on any atom is 0.248 e. The van der Waals surface area contributed by atoms with Gasteiger partial charge in [0.15, 0.2) is 11.0 Å². The standard InChI is InChI=1S/C25H24N4O2S/c1-3-31-22-13-11-21(12-14-22)29-24(20-6-4-5-17(2)15-20)27-28-25(29)32-16-18-7-9-19(10-8-18)23(26)30/h4-15H,3,16H2,1-2H3,(H2,26,30). The van der Waals surface area contributed by atoms with Crippen LogP contribution in [0.15, 0.2) is 78.0 Å². The molecule has 0 saturated carbocycles. The van der Waals surface area contributed by atoms with Crippen molar-refractivity contribution in [2.45, 2.75) is 24.8 Å². The van der Waals surface area contributed by atoms with E-state index in [0.717, 1.165) is 39.1 Å². The Bertz CT molecular complexity index is 1220. The van der Waals surface area contributed by atoms with Gasteiger partial charge in [-0.3, -0.25) is 9.36 Å². The third-order valence-electron chi connectivity index (χ3n) is 4.92. The van der Waals surface area contributed by atoms with Crippen molar-refractivity contribution >= 4 is 17.7 Å². The normalized spacial score (nSPS) is 10.8. The molecule has 3 aromatic carbocycles. The highest BCUT2D eigenvalue weighted by Crippen LogP contribution is 2.31. The molecule has 0 aliphatic heterocycles. The summed E-state index contributed by atoms with van der Waals surface area (Å²) in [5.41, 5.74) is 10.0. The number of nitrogens with zero attached hydrogens (tertiary/aromatic N) is 3. The van der Waals surface area contributed by atoms with Gasteiger partial charge in [-0.1, -0.05) is 47.7 Å². The van der Waals surface area contributed by atoms with Gasteiger partial charge in [-0.05, 0) is 61.9 Å². The number of hydrogen-bond donors (Lipinski definition) is 1. The first-order valence-corrected chi connectivity index (χ1v) is 11.3. The van der Waals surface area contributed by atoms with Gasteiger partial charge in [-0.15, -0.1) is 10.2 Å². The number of aromatic nitrogens is 3. The maximum atomic E-state index is 11.3. The van der Waals surface area contributed by atoms with E-state index in [2.05, 4.69) is 33.8 Å². The minimum Gasteiger partial charge on any atom is -0.494 e. The first-order chi connectivity index (χ1) is 15.5. The number of thioether (sulfide) groups is 1. The molecule has 0 saturated heterocycles. The van der Waals surface area contributed by atoms with E-state index < -0.39 is 5.91 Å². The molecule has 1 heterocycles. The molecule has 6 nitrogen and oxygen atoms in total. The van der Waals surface area contributed by atoms with Crippen molar-refractivity contribution < 1.29 is 9.53 Å². The fourth-order valence-electron chi connectivity index (χ4n) is 3.34. The number of carbonyl (C=O) groups excluding carboxylic acids is 1. The van der Waals surface area contributed by atoms with Crippen molar-refractivity contribution in [2.75, 3.05) is 6.61 Å². The molecule has 7 heteroatoms. The lowest BCUT2D eigenvalue weighted by atomic mass is 10.1. The van der Waals surface area contributed by atoms with Crippen molar-refractivity contribution in [1.29, 1.82) is 0 Å². The van der Waals surface area contributed by atoms with Crippen LogP contribution in [0.3, 0.4) is 0 Å². The molecule has 0 fully saturated rings. The number of ether oxygens (including phenoxy) is 1. The summed E-state index contributed by atoms with van der Waals surface area (Å²) >= 11 is 1.59. The van der Waals surface area contributed by atoms with Crippen LogP contribution in [-0.4, -0.2) is 27.3 Å². The predicted molar refractivity (Wildman–Crippen MR) is 127 cm³/mol. The summed E-state index contributed by atoms with van der Waals surface area (Å²) in [5.74, 6) is 1.86. The lowest BCUT2D eigenvalue weighted by molar-refractivity contribution is 0.100. The van der Waals surface area contributed by atoms with E-state index in [1.807, 2.05) is 55.5 Å². The predicted octanol–water partition coefficient (Wildman–Crippen LogP) is 5.03. The highest BCUT2D eigenvalue weighted by Gasteiger charge is 2.17. The van der Waals surface area contributed by atoms with E-state index in [-0.39, 0.29) is 0 Å². The number of rotatable bonds is 8. The molecule has 0 bridgehead atoms. The van der Waals surface area contributed by atoms with Crippen molar-refractivity contribution in [3.05, 3.63) is 89.5 Å². The molecule has 0 atom stereocenters. The minimum atomic E-state index is -0.428. The van der Waals surface area contributed by atoms with Crippen LogP contribution in [0, 0.1) is 6.92 Å². The minimum absolute atomic E-state index is 0.428. The van der Waals surface area contributed by atoms with Crippen LogP contribution in [0.4, 0.5) is 0 Å². The molecular formula is C25H24N4O2S. The number of aryl methyl sites for hydroxylation is 1. The number of hydrogen-bond acceptors (Lipinski definition) is 5. The van der Waals surface area contributed by atoms with E-state index in [4.69, 9.17) is 10.5 Å². The lowest BCUT2D eigenvalue weighted by Crippen LogP contribution is -2.10. The molecule has 162 valence electrons. The fourth-order valence-corrected chi connectivity index (χ4v) is 4.25. The van der Waals surface area contributed by atoms with Gasteiger partial charge < -0.3 is 10.5 Å². The molecule has 0 unspecified atom stereocenters. The average Bonchev–Trinajstić information content (AvgIpc) is 3.23. The highest BCUT2D eigenvalue weighted by molar-refractivity contribution is 7.98. The molecule has 0 aliphatic carbocycles. The van der Waals surface area contributed by atoms with Crippen LogP contribution in [0.1, 0.15) is 28.4 Å². The molecule has 1 aromatic heterocycles. The van der Waals surface area contributed by atoms with Crippen LogP contribution in [0.2, 0.25) is 0 Å². The van der Waals surface area contributed by atoms with Crippen molar-refractivity contribution in [2.24, 2.45) is 5.73 Å². The molecule has 0 radical (unpaired) electrons. The van der Waals surface area contributed by atoms with Crippen molar-refractivity contribution in [3.8, 4) is 22.8 Å². The van der Waals surface area contributed by atoms with Gasteiger partial charge in [0.2, 0.25) is 5.91 Å². The molecule has 2 N–H and O–H groups in total. The Hall–Kier alpha value is -3.58. The van der Waals surface area contributed by atoms with E-state index >= 15 is 0 Å². The Balaban J connectivity index is 1.67. The van der Waals surface area contributed by atoms with E-state index in [0.29, 0.717) is 17.9 Å². The Morgan fingerprint density at radius 3 is 2.44 bits per heavy atom. The number of benzene rings is 3. The second kappa shape index (κ2) is 9.70. The third-order valence-corrected chi connectivity index (χ3v) is 5.92. The summed E-state index contributed by atoms with van der Waals surface area (Å²) in [6.07, 6.45) is 0. The summed E-state index contributed by atoms with van der Waals surface area (Å²) in [7, 11) is 0. The Labute approximate surface area is 191 Å². The number of carbonyl (C=O) groups is 1. The third kappa shape index (κ3) is 4.84. The molecule has 1 amide bonds.